The molecule has 1 saturated carbocycles. The predicted molar refractivity (Wildman–Crippen MR) is 99.0 cm³/mol. The topological polar surface area (TPSA) is 89.5 Å². The smallest absolute Gasteiger partial charge is 0.442 e. The van der Waals surface area contributed by atoms with E-state index in [1.54, 1.807) is 10.7 Å². The number of benzene rings is 1. The van der Waals surface area contributed by atoms with Crippen molar-refractivity contribution >= 4 is 28.3 Å². The van der Waals surface area contributed by atoms with Gasteiger partial charge in [-0.2, -0.15) is 13.2 Å². The number of nitrogens with zero attached hydrogens (tertiary/aromatic N) is 1. The maximum absolute atomic E-state index is 14.0. The summed E-state index contributed by atoms with van der Waals surface area (Å²) in [4.78, 5) is 28.9. The molecule has 1 aromatic carbocycles. The number of carbonyl (C=O) groups is 2. The first-order chi connectivity index (χ1) is 13.7. The number of hydrogen-bond donors (Lipinski definition) is 2. The molecule has 0 bridgehead atoms. The number of aromatic nitrogens is 1. The largest absolute Gasteiger partial charge is 0.497 e. The Labute approximate surface area is 168 Å². The molecule has 11 heteroatoms. The highest BCUT2D eigenvalue weighted by Crippen LogP contribution is 2.42. The van der Waals surface area contributed by atoms with Gasteiger partial charge in [-0.15, -0.1) is 11.3 Å². The molecule has 1 atom stereocenters. The first kappa shape index (κ1) is 20.9. The first-order valence-corrected chi connectivity index (χ1v) is 9.43. The molecule has 1 amide bonds. The second-order valence-corrected chi connectivity index (χ2v) is 7.26. The van der Waals surface area contributed by atoms with Crippen molar-refractivity contribution in [3.8, 4) is 5.75 Å². The van der Waals surface area contributed by atoms with Crippen LogP contribution in [0.1, 0.15) is 34.8 Å². The number of methoxy groups -OCH3 is 2. The highest BCUT2D eigenvalue weighted by Gasteiger charge is 2.64. The van der Waals surface area contributed by atoms with Crippen molar-refractivity contribution < 1.29 is 32.2 Å². The van der Waals surface area contributed by atoms with Gasteiger partial charge in [-0.1, -0.05) is 0 Å². The van der Waals surface area contributed by atoms with Gasteiger partial charge < -0.3 is 20.1 Å². The maximum Gasteiger partial charge on any atom is 0.442 e. The summed E-state index contributed by atoms with van der Waals surface area (Å²) < 4.78 is 51.5. The Morgan fingerprint density at radius 3 is 2.34 bits per heavy atom. The highest BCUT2D eigenvalue weighted by molar-refractivity contribution is 7.13. The van der Waals surface area contributed by atoms with E-state index in [0.29, 0.717) is 11.4 Å². The number of carbonyl (C=O) groups excluding carboxylic acids is 2. The molecule has 1 heterocycles. The van der Waals surface area contributed by atoms with Crippen molar-refractivity contribution in [2.75, 3.05) is 19.5 Å². The highest BCUT2D eigenvalue weighted by atomic mass is 32.1. The second-order valence-electron chi connectivity index (χ2n) is 6.40. The summed E-state index contributed by atoms with van der Waals surface area (Å²) >= 11 is 0.919. The lowest BCUT2D eigenvalue weighted by Gasteiger charge is -2.34. The number of rotatable bonds is 7. The van der Waals surface area contributed by atoms with Gasteiger partial charge in [0.25, 0.3) is 5.91 Å². The van der Waals surface area contributed by atoms with Gasteiger partial charge in [0.15, 0.2) is 5.13 Å². The number of alkyl halides is 3. The second kappa shape index (κ2) is 7.90. The molecule has 1 aliphatic rings. The van der Waals surface area contributed by atoms with Crippen molar-refractivity contribution in [3.63, 3.8) is 0 Å². The minimum absolute atomic E-state index is 0.0945. The first-order valence-electron chi connectivity index (χ1n) is 8.55. The van der Waals surface area contributed by atoms with Crippen molar-refractivity contribution in [1.29, 1.82) is 0 Å². The minimum atomic E-state index is -5.21. The van der Waals surface area contributed by atoms with E-state index < -0.39 is 23.7 Å². The van der Waals surface area contributed by atoms with E-state index >= 15 is 0 Å². The van der Waals surface area contributed by atoms with Crippen LogP contribution < -0.4 is 15.4 Å². The molecule has 1 aromatic heterocycles. The van der Waals surface area contributed by atoms with Gasteiger partial charge in [0.05, 0.1) is 19.9 Å². The lowest BCUT2D eigenvalue weighted by atomic mass is 10.1. The molecule has 3 rings (SSSR count). The molecule has 1 fully saturated rings. The van der Waals surface area contributed by atoms with E-state index in [9.17, 15) is 22.8 Å². The zero-order valence-electron chi connectivity index (χ0n) is 15.5. The van der Waals surface area contributed by atoms with E-state index in [4.69, 9.17) is 4.74 Å². The van der Waals surface area contributed by atoms with Gasteiger partial charge in [0, 0.05) is 16.9 Å². The van der Waals surface area contributed by atoms with Crippen LogP contribution in [-0.4, -0.2) is 42.9 Å². The Hall–Kier alpha value is -2.82. The zero-order valence-corrected chi connectivity index (χ0v) is 16.3. The molecule has 1 aliphatic carbocycles. The number of nitrogens with one attached hydrogen (secondary N) is 2. The summed E-state index contributed by atoms with van der Waals surface area (Å²) in [6.07, 6.45) is -3.38. The van der Waals surface area contributed by atoms with E-state index in [1.165, 1.54) is 31.4 Å². The standard InChI is InChI=1S/C18H18F3N3O4S/c1-27-12-7-5-11(6-8-12)14(25)23-17(15(26)28-2,18(19,20)21)24-16-22-13(9-29-16)10-3-4-10/h5-10H,3-4H2,1-2H3,(H,22,24)(H,23,25)/t17-/m1/s1. The van der Waals surface area contributed by atoms with Crippen LogP contribution in [0.25, 0.3) is 0 Å². The average Bonchev–Trinajstić information content (AvgIpc) is 3.45. The fourth-order valence-corrected chi connectivity index (χ4v) is 3.45. The summed E-state index contributed by atoms with van der Waals surface area (Å²) in [7, 11) is 2.22. The van der Waals surface area contributed by atoms with Gasteiger partial charge in [0.1, 0.15) is 5.75 Å². The van der Waals surface area contributed by atoms with E-state index in [0.717, 1.165) is 31.3 Å². The van der Waals surface area contributed by atoms with Crippen LogP contribution in [0.3, 0.4) is 0 Å². The predicted octanol–water partition coefficient (Wildman–Crippen LogP) is 3.30. The third-order valence-corrected chi connectivity index (χ3v) is 5.16. The van der Waals surface area contributed by atoms with Gasteiger partial charge in [-0.05, 0) is 37.1 Å². The molecule has 156 valence electrons. The molecular weight excluding hydrogens is 411 g/mol. The number of thiazole rings is 1. The van der Waals surface area contributed by atoms with E-state index in [-0.39, 0.29) is 16.6 Å². The molecule has 0 aliphatic heterocycles. The minimum Gasteiger partial charge on any atom is -0.497 e. The summed E-state index contributed by atoms with van der Waals surface area (Å²) in [6.45, 7) is 0. The SMILES string of the molecule is COC(=O)[C@@](NC(=O)c1ccc(OC)cc1)(Nc1nc(C2CC2)cs1)C(F)(F)F. The number of ether oxygens (including phenoxy) is 2. The van der Waals surface area contributed by atoms with Crippen molar-refractivity contribution in [3.05, 3.63) is 40.9 Å². The van der Waals surface area contributed by atoms with Crippen LogP contribution in [0.5, 0.6) is 5.75 Å². The van der Waals surface area contributed by atoms with Crippen molar-refractivity contribution in [2.24, 2.45) is 0 Å². The van der Waals surface area contributed by atoms with Crippen LogP contribution in [-0.2, 0) is 9.53 Å². The fourth-order valence-electron chi connectivity index (χ4n) is 2.60. The number of anilines is 1. The lowest BCUT2D eigenvalue weighted by molar-refractivity contribution is -0.203. The fraction of sp³-hybridized carbons (Fsp3) is 0.389. The molecule has 7 nitrogen and oxygen atoms in total. The lowest BCUT2D eigenvalue weighted by Crippen LogP contribution is -2.69. The summed E-state index contributed by atoms with van der Waals surface area (Å²) in [6, 6.07) is 5.39. The Bertz CT molecular complexity index is 897. The van der Waals surface area contributed by atoms with Gasteiger partial charge in [-0.3, -0.25) is 4.79 Å². The molecule has 0 radical (unpaired) electrons. The molecular formula is C18H18F3N3O4S. The molecule has 0 saturated heterocycles. The van der Waals surface area contributed by atoms with E-state index in [1.807, 2.05) is 0 Å². The third-order valence-electron chi connectivity index (χ3n) is 4.38. The van der Waals surface area contributed by atoms with Crippen molar-refractivity contribution in [1.82, 2.24) is 10.3 Å². The summed E-state index contributed by atoms with van der Waals surface area (Å²) in [5.74, 6) is -2.20. The van der Waals surface area contributed by atoms with Crippen LogP contribution >= 0.6 is 11.3 Å². The Balaban J connectivity index is 1.93. The van der Waals surface area contributed by atoms with Crippen LogP contribution in [0, 0.1) is 0 Å². The normalized spacial score (nSPS) is 15.9. The maximum atomic E-state index is 14.0. The third kappa shape index (κ3) is 4.29. The number of amides is 1. The van der Waals surface area contributed by atoms with Crippen LogP contribution in [0.15, 0.2) is 29.6 Å². The van der Waals surface area contributed by atoms with Gasteiger partial charge in [0.2, 0.25) is 0 Å². The number of hydrogen-bond acceptors (Lipinski definition) is 7. The Kier molecular flexibility index (Phi) is 5.69. The molecule has 0 spiro atoms. The zero-order chi connectivity index (χ0) is 21.2. The summed E-state index contributed by atoms with van der Waals surface area (Å²) in [5.41, 5.74) is -2.94. The Morgan fingerprint density at radius 2 is 1.83 bits per heavy atom. The van der Waals surface area contributed by atoms with Gasteiger partial charge >= 0.3 is 17.8 Å². The quantitative estimate of drug-likeness (QED) is 0.519. The number of halogens is 3. The van der Waals surface area contributed by atoms with Crippen LogP contribution in [0.2, 0.25) is 0 Å². The average molecular weight is 429 g/mol. The van der Waals surface area contributed by atoms with Gasteiger partial charge in [-0.25, -0.2) is 9.78 Å². The van der Waals surface area contributed by atoms with E-state index in [2.05, 4.69) is 15.0 Å². The van der Waals surface area contributed by atoms with Crippen molar-refractivity contribution in [2.45, 2.75) is 30.6 Å². The Morgan fingerprint density at radius 1 is 1.17 bits per heavy atom. The molecule has 2 aromatic rings. The summed E-state index contributed by atoms with van der Waals surface area (Å²) in [5, 5.41) is 5.29. The molecule has 0 unspecified atom stereocenters. The molecule has 2 N–H and O–H groups in total. The van der Waals surface area contributed by atoms with Crippen LogP contribution in [0.4, 0.5) is 18.3 Å². The number of esters is 1. The monoisotopic (exact) mass is 429 g/mol. The molecule has 29 heavy (non-hydrogen) atoms.